The smallest absolute Gasteiger partial charge is 0.247 e. The predicted octanol–water partition coefficient (Wildman–Crippen LogP) is 5.68. The summed E-state index contributed by atoms with van der Waals surface area (Å²) in [7, 11) is 0. The van der Waals surface area contributed by atoms with Gasteiger partial charge < -0.3 is 24.3 Å². The van der Waals surface area contributed by atoms with Crippen LogP contribution in [-0.2, 0) is 11.2 Å². The van der Waals surface area contributed by atoms with Gasteiger partial charge in [0.1, 0.15) is 0 Å². The predicted molar refractivity (Wildman–Crippen MR) is 145 cm³/mol. The number of H-pyrrole nitrogens is 1. The maximum atomic E-state index is 13.7. The first-order chi connectivity index (χ1) is 18.2. The molecule has 1 aromatic heterocycles. The molecule has 3 aliphatic heterocycles. The molecule has 0 bridgehead atoms. The second-order valence-electron chi connectivity index (χ2n) is 9.98. The van der Waals surface area contributed by atoms with E-state index in [2.05, 4.69) is 52.3 Å². The number of aromatic nitrogens is 1. The van der Waals surface area contributed by atoms with Crippen LogP contribution in [0.3, 0.4) is 0 Å². The average Bonchev–Trinajstić information content (AvgIpc) is 3.71. The van der Waals surface area contributed by atoms with E-state index in [1.54, 1.807) is 6.08 Å². The highest BCUT2D eigenvalue weighted by molar-refractivity contribution is 5.93. The molecule has 0 aliphatic carbocycles. The molecule has 1 saturated heterocycles. The van der Waals surface area contributed by atoms with Crippen molar-refractivity contribution in [2.45, 2.75) is 25.3 Å². The lowest BCUT2D eigenvalue weighted by atomic mass is 9.92. The number of carbonyl (C=O) groups excluding carboxylic acids is 1. The topological polar surface area (TPSA) is 57.8 Å². The van der Waals surface area contributed by atoms with Crippen molar-refractivity contribution in [3.8, 4) is 11.5 Å². The number of para-hydroxylation sites is 1. The van der Waals surface area contributed by atoms with Gasteiger partial charge in [-0.2, -0.15) is 0 Å². The quantitative estimate of drug-likeness (QED) is 0.373. The number of nitrogens with one attached hydrogen (secondary N) is 1. The summed E-state index contributed by atoms with van der Waals surface area (Å²) in [6, 6.07) is 22.6. The number of aromatic amines is 1. The fraction of sp³-hybridized carbons (Fsp3) is 0.258. The van der Waals surface area contributed by atoms with Crippen LogP contribution >= 0.6 is 0 Å². The molecule has 1 fully saturated rings. The summed E-state index contributed by atoms with van der Waals surface area (Å²) < 4.78 is 11.2. The third kappa shape index (κ3) is 3.93. The van der Waals surface area contributed by atoms with Crippen LogP contribution in [0.5, 0.6) is 11.5 Å². The SMILES string of the molecule is O=C(C=Cc1ccc(N2CCCC2)cc1)N1CCc2c([nH]c3ccccc23)C1c1ccc2c(c1)OCO2. The normalized spacial score (nSPS) is 18.6. The minimum atomic E-state index is -0.236. The van der Waals surface area contributed by atoms with E-state index in [-0.39, 0.29) is 18.7 Å². The van der Waals surface area contributed by atoms with Crippen molar-refractivity contribution in [2.24, 2.45) is 0 Å². The standard InChI is InChI=1S/C31H29N3O3/c35-29(14-9-21-7-11-23(12-8-21)33-16-3-4-17-33)34-18-15-25-24-5-1-2-6-26(24)32-30(25)31(34)22-10-13-27-28(19-22)37-20-36-27/h1-2,5-14,19,31-32H,3-4,15-18,20H2. The van der Waals surface area contributed by atoms with E-state index in [0.29, 0.717) is 6.54 Å². The van der Waals surface area contributed by atoms with E-state index in [1.165, 1.54) is 29.5 Å². The molecule has 4 aromatic rings. The summed E-state index contributed by atoms with van der Waals surface area (Å²) in [4.78, 5) is 21.7. The Kier molecular flexibility index (Phi) is 5.38. The van der Waals surface area contributed by atoms with Crippen LogP contribution in [0.1, 0.15) is 41.3 Å². The number of anilines is 1. The van der Waals surface area contributed by atoms with Crippen molar-refractivity contribution >= 4 is 28.6 Å². The Hall–Kier alpha value is -4.19. The van der Waals surface area contributed by atoms with Gasteiger partial charge in [-0.3, -0.25) is 4.79 Å². The number of benzene rings is 3. The van der Waals surface area contributed by atoms with Crippen LogP contribution < -0.4 is 14.4 Å². The van der Waals surface area contributed by atoms with Crippen LogP contribution in [0, 0.1) is 0 Å². The second-order valence-corrected chi connectivity index (χ2v) is 9.98. The van der Waals surface area contributed by atoms with Crippen LogP contribution in [0.15, 0.2) is 72.8 Å². The van der Waals surface area contributed by atoms with Crippen molar-refractivity contribution in [2.75, 3.05) is 31.3 Å². The summed E-state index contributed by atoms with van der Waals surface area (Å²) >= 11 is 0. The van der Waals surface area contributed by atoms with Gasteiger partial charge in [-0.05, 0) is 72.4 Å². The Morgan fingerprint density at radius 1 is 0.919 bits per heavy atom. The Morgan fingerprint density at radius 2 is 1.73 bits per heavy atom. The van der Waals surface area contributed by atoms with Gasteiger partial charge in [0.25, 0.3) is 0 Å². The van der Waals surface area contributed by atoms with E-state index >= 15 is 0 Å². The molecule has 3 aromatic carbocycles. The fourth-order valence-corrected chi connectivity index (χ4v) is 5.94. The summed E-state index contributed by atoms with van der Waals surface area (Å²) in [5.41, 5.74) is 6.74. The maximum Gasteiger partial charge on any atom is 0.247 e. The van der Waals surface area contributed by atoms with E-state index in [1.807, 2.05) is 35.2 Å². The van der Waals surface area contributed by atoms with Crippen LogP contribution in [0.2, 0.25) is 0 Å². The molecule has 186 valence electrons. The van der Waals surface area contributed by atoms with E-state index < -0.39 is 0 Å². The van der Waals surface area contributed by atoms with Gasteiger partial charge in [-0.25, -0.2) is 0 Å². The number of rotatable bonds is 4. The number of hydrogen-bond acceptors (Lipinski definition) is 4. The highest BCUT2D eigenvalue weighted by Gasteiger charge is 2.34. The van der Waals surface area contributed by atoms with E-state index in [0.717, 1.165) is 53.3 Å². The lowest BCUT2D eigenvalue weighted by Gasteiger charge is -2.35. The molecule has 3 aliphatic rings. The number of hydrogen-bond donors (Lipinski definition) is 1. The molecule has 1 unspecified atom stereocenters. The summed E-state index contributed by atoms with van der Waals surface area (Å²) in [5, 5.41) is 1.23. The summed E-state index contributed by atoms with van der Waals surface area (Å²) in [6.07, 6.45) is 6.96. The molecule has 1 amide bonds. The highest BCUT2D eigenvalue weighted by Crippen LogP contribution is 2.42. The zero-order valence-electron chi connectivity index (χ0n) is 20.7. The summed E-state index contributed by atoms with van der Waals surface area (Å²) in [6.45, 7) is 3.12. The molecule has 0 spiro atoms. The van der Waals surface area contributed by atoms with Crippen molar-refractivity contribution < 1.29 is 14.3 Å². The first-order valence-corrected chi connectivity index (χ1v) is 13.1. The largest absolute Gasteiger partial charge is 0.454 e. The van der Waals surface area contributed by atoms with Crippen molar-refractivity contribution in [1.29, 1.82) is 0 Å². The van der Waals surface area contributed by atoms with Crippen LogP contribution in [-0.4, -0.2) is 42.2 Å². The molecule has 7 rings (SSSR count). The minimum Gasteiger partial charge on any atom is -0.454 e. The molecule has 1 N–H and O–H groups in total. The number of nitrogens with zero attached hydrogens (tertiary/aromatic N) is 2. The molecule has 6 nitrogen and oxygen atoms in total. The number of amides is 1. The van der Waals surface area contributed by atoms with Gasteiger partial charge in [-0.15, -0.1) is 0 Å². The molecule has 6 heteroatoms. The van der Waals surface area contributed by atoms with Gasteiger partial charge in [0, 0.05) is 48.0 Å². The van der Waals surface area contributed by atoms with Gasteiger partial charge in [0.2, 0.25) is 12.7 Å². The van der Waals surface area contributed by atoms with Crippen LogP contribution in [0.4, 0.5) is 5.69 Å². The van der Waals surface area contributed by atoms with Crippen molar-refractivity contribution in [3.05, 3.63) is 95.2 Å². The van der Waals surface area contributed by atoms with E-state index in [9.17, 15) is 4.79 Å². The maximum absolute atomic E-state index is 13.7. The monoisotopic (exact) mass is 491 g/mol. The van der Waals surface area contributed by atoms with Crippen molar-refractivity contribution in [3.63, 3.8) is 0 Å². The zero-order valence-corrected chi connectivity index (χ0v) is 20.7. The molecule has 37 heavy (non-hydrogen) atoms. The number of ether oxygens (including phenoxy) is 2. The van der Waals surface area contributed by atoms with Gasteiger partial charge in [-0.1, -0.05) is 36.4 Å². The van der Waals surface area contributed by atoms with Crippen molar-refractivity contribution in [1.82, 2.24) is 9.88 Å². The molecular formula is C31H29N3O3. The Labute approximate surface area is 216 Å². The molecule has 0 radical (unpaired) electrons. The lowest BCUT2D eigenvalue weighted by Crippen LogP contribution is -2.39. The second kappa shape index (κ2) is 9.04. The van der Waals surface area contributed by atoms with Crippen LogP contribution in [0.25, 0.3) is 17.0 Å². The fourth-order valence-electron chi connectivity index (χ4n) is 5.94. The zero-order chi connectivity index (χ0) is 24.8. The third-order valence-corrected chi connectivity index (χ3v) is 7.81. The number of carbonyl (C=O) groups is 1. The summed E-state index contributed by atoms with van der Waals surface area (Å²) in [5.74, 6) is 1.46. The highest BCUT2D eigenvalue weighted by atomic mass is 16.7. The first kappa shape index (κ1) is 22.0. The van der Waals surface area contributed by atoms with Gasteiger partial charge in [0.15, 0.2) is 11.5 Å². The van der Waals surface area contributed by atoms with Gasteiger partial charge in [0.05, 0.1) is 6.04 Å². The van der Waals surface area contributed by atoms with E-state index in [4.69, 9.17) is 9.47 Å². The molecular weight excluding hydrogens is 462 g/mol. The Balaban J connectivity index is 1.21. The minimum absolute atomic E-state index is 0.00408. The Bertz CT molecular complexity index is 1500. The molecule has 0 saturated carbocycles. The Morgan fingerprint density at radius 3 is 2.59 bits per heavy atom. The average molecular weight is 492 g/mol. The van der Waals surface area contributed by atoms with Gasteiger partial charge >= 0.3 is 0 Å². The number of fused-ring (bicyclic) bond motifs is 4. The third-order valence-electron chi connectivity index (χ3n) is 7.81. The lowest BCUT2D eigenvalue weighted by molar-refractivity contribution is -0.128. The molecule has 1 atom stereocenters. The first-order valence-electron chi connectivity index (χ1n) is 13.1. The molecule has 4 heterocycles.